The third-order valence-electron chi connectivity index (χ3n) is 1.80. The van der Waals surface area contributed by atoms with Gasteiger partial charge in [-0.25, -0.2) is 4.98 Å². The maximum Gasteiger partial charge on any atom is 0.147 e. The van der Waals surface area contributed by atoms with Gasteiger partial charge >= 0.3 is 0 Å². The number of aryl methyl sites for hydroxylation is 1. The Kier molecular flexibility index (Phi) is 4.23. The minimum absolute atomic E-state index is 0.950. The average Bonchev–Trinajstić information content (AvgIpc) is 2.17. The lowest BCUT2D eigenvalue weighted by Gasteiger charge is -2.07. The fourth-order valence-corrected chi connectivity index (χ4v) is 1.18. The molecule has 1 N–H and O–H groups in total. The molecule has 0 bridgehead atoms. The second kappa shape index (κ2) is 5.51. The summed E-state index contributed by atoms with van der Waals surface area (Å²) < 4.78 is 0. The van der Waals surface area contributed by atoms with E-state index >= 15 is 0 Å². The van der Waals surface area contributed by atoms with Crippen LogP contribution in [0.2, 0.25) is 0 Å². The first-order valence-corrected chi connectivity index (χ1v) is 4.92. The maximum absolute atomic E-state index is 4.30. The molecule has 0 saturated heterocycles. The quantitative estimate of drug-likeness (QED) is 0.753. The third-order valence-corrected chi connectivity index (χ3v) is 1.80. The number of rotatable bonds is 5. The molecule has 1 aromatic heterocycles. The first-order valence-electron chi connectivity index (χ1n) is 4.92. The van der Waals surface area contributed by atoms with Crippen molar-refractivity contribution in [2.24, 2.45) is 0 Å². The van der Waals surface area contributed by atoms with Gasteiger partial charge in [-0.1, -0.05) is 20.3 Å². The molecule has 13 heavy (non-hydrogen) atoms. The summed E-state index contributed by atoms with van der Waals surface area (Å²) in [6.07, 6.45) is 6.71. The molecule has 0 saturated carbocycles. The molecule has 3 heteroatoms. The standard InChI is InChI=1S/C10H17N3/c1-3-5-9-10(12-6-4-2)13-8-7-11-9/h7-8H,3-6H2,1-2H3,(H,12,13). The number of anilines is 1. The fraction of sp³-hybridized carbons (Fsp3) is 0.600. The molecule has 0 aliphatic heterocycles. The van der Waals surface area contributed by atoms with Crippen molar-refractivity contribution in [2.45, 2.75) is 33.1 Å². The van der Waals surface area contributed by atoms with E-state index in [0.29, 0.717) is 0 Å². The molecule has 0 radical (unpaired) electrons. The molecule has 72 valence electrons. The molecule has 0 fully saturated rings. The topological polar surface area (TPSA) is 37.8 Å². The molecule has 1 heterocycles. The van der Waals surface area contributed by atoms with Crippen molar-refractivity contribution in [2.75, 3.05) is 11.9 Å². The summed E-state index contributed by atoms with van der Waals surface area (Å²) in [5.41, 5.74) is 1.08. The Morgan fingerprint density at radius 1 is 1.15 bits per heavy atom. The zero-order valence-electron chi connectivity index (χ0n) is 8.38. The largest absolute Gasteiger partial charge is 0.369 e. The van der Waals surface area contributed by atoms with Gasteiger partial charge in [0.2, 0.25) is 0 Å². The van der Waals surface area contributed by atoms with E-state index in [4.69, 9.17) is 0 Å². The molecule has 0 aromatic carbocycles. The van der Waals surface area contributed by atoms with E-state index in [0.717, 1.165) is 37.3 Å². The Morgan fingerprint density at radius 3 is 2.62 bits per heavy atom. The lowest BCUT2D eigenvalue weighted by atomic mass is 10.2. The minimum Gasteiger partial charge on any atom is -0.369 e. The van der Waals surface area contributed by atoms with Gasteiger partial charge in [-0.05, 0) is 12.8 Å². The Bertz CT molecular complexity index is 248. The summed E-state index contributed by atoms with van der Waals surface area (Å²) in [7, 11) is 0. The van der Waals surface area contributed by atoms with Gasteiger partial charge in [0.15, 0.2) is 0 Å². The number of hydrogen-bond acceptors (Lipinski definition) is 3. The Labute approximate surface area is 79.6 Å². The van der Waals surface area contributed by atoms with Gasteiger partial charge in [0.1, 0.15) is 5.82 Å². The smallest absolute Gasteiger partial charge is 0.147 e. The second-order valence-corrected chi connectivity index (χ2v) is 3.03. The van der Waals surface area contributed by atoms with Crippen LogP contribution in [-0.2, 0) is 6.42 Å². The summed E-state index contributed by atoms with van der Waals surface area (Å²) in [4.78, 5) is 8.56. The Hall–Kier alpha value is -1.12. The molecule has 0 unspecified atom stereocenters. The maximum atomic E-state index is 4.30. The molecule has 0 spiro atoms. The highest BCUT2D eigenvalue weighted by molar-refractivity contribution is 5.39. The van der Waals surface area contributed by atoms with E-state index in [2.05, 4.69) is 29.1 Å². The Morgan fingerprint density at radius 2 is 1.92 bits per heavy atom. The van der Waals surface area contributed by atoms with Crippen LogP contribution in [0, 0.1) is 0 Å². The monoisotopic (exact) mass is 179 g/mol. The summed E-state index contributed by atoms with van der Waals surface area (Å²) >= 11 is 0. The van der Waals surface area contributed by atoms with Crippen molar-refractivity contribution in [3.05, 3.63) is 18.1 Å². The normalized spacial score (nSPS) is 10.0. The number of nitrogens with one attached hydrogen (secondary N) is 1. The molecular weight excluding hydrogens is 162 g/mol. The van der Waals surface area contributed by atoms with E-state index in [1.54, 1.807) is 12.4 Å². The van der Waals surface area contributed by atoms with Crippen molar-refractivity contribution in [3.63, 3.8) is 0 Å². The number of aromatic nitrogens is 2. The zero-order chi connectivity index (χ0) is 9.52. The van der Waals surface area contributed by atoms with Gasteiger partial charge in [-0.3, -0.25) is 4.98 Å². The first-order chi connectivity index (χ1) is 6.38. The van der Waals surface area contributed by atoms with Crippen molar-refractivity contribution < 1.29 is 0 Å². The highest BCUT2D eigenvalue weighted by Crippen LogP contribution is 2.09. The molecule has 1 aromatic rings. The summed E-state index contributed by atoms with van der Waals surface area (Å²) in [6.45, 7) is 5.26. The van der Waals surface area contributed by atoms with Crippen LogP contribution < -0.4 is 5.32 Å². The highest BCUT2D eigenvalue weighted by Gasteiger charge is 2.01. The van der Waals surface area contributed by atoms with Crippen LogP contribution in [0.4, 0.5) is 5.82 Å². The molecule has 0 aliphatic carbocycles. The lowest BCUT2D eigenvalue weighted by molar-refractivity contribution is 0.863. The number of hydrogen-bond donors (Lipinski definition) is 1. The van der Waals surface area contributed by atoms with Gasteiger partial charge in [0, 0.05) is 18.9 Å². The van der Waals surface area contributed by atoms with Crippen LogP contribution in [0.25, 0.3) is 0 Å². The summed E-state index contributed by atoms with van der Waals surface area (Å²) in [5.74, 6) is 0.950. The molecular formula is C10H17N3. The van der Waals surface area contributed by atoms with E-state index in [9.17, 15) is 0 Å². The first kappa shape index (κ1) is 9.96. The third kappa shape index (κ3) is 3.01. The van der Waals surface area contributed by atoms with Crippen LogP contribution in [0.3, 0.4) is 0 Å². The van der Waals surface area contributed by atoms with Crippen molar-refractivity contribution >= 4 is 5.82 Å². The Balaban J connectivity index is 2.66. The average molecular weight is 179 g/mol. The van der Waals surface area contributed by atoms with Gasteiger partial charge in [-0.2, -0.15) is 0 Å². The highest BCUT2D eigenvalue weighted by atomic mass is 15.0. The van der Waals surface area contributed by atoms with E-state index in [1.165, 1.54) is 0 Å². The van der Waals surface area contributed by atoms with Crippen LogP contribution in [0.1, 0.15) is 32.4 Å². The van der Waals surface area contributed by atoms with Crippen molar-refractivity contribution in [1.29, 1.82) is 0 Å². The van der Waals surface area contributed by atoms with Crippen molar-refractivity contribution in [1.82, 2.24) is 9.97 Å². The van der Waals surface area contributed by atoms with Crippen LogP contribution in [0.15, 0.2) is 12.4 Å². The van der Waals surface area contributed by atoms with Gasteiger partial charge in [0.25, 0.3) is 0 Å². The summed E-state index contributed by atoms with van der Waals surface area (Å²) in [5, 5.41) is 3.27. The van der Waals surface area contributed by atoms with E-state index in [1.807, 2.05) is 0 Å². The van der Waals surface area contributed by atoms with Gasteiger partial charge in [0.05, 0.1) is 5.69 Å². The molecule has 0 aliphatic rings. The van der Waals surface area contributed by atoms with Crippen LogP contribution >= 0.6 is 0 Å². The van der Waals surface area contributed by atoms with Gasteiger partial charge in [-0.15, -0.1) is 0 Å². The van der Waals surface area contributed by atoms with E-state index < -0.39 is 0 Å². The lowest BCUT2D eigenvalue weighted by Crippen LogP contribution is -2.06. The molecule has 0 amide bonds. The van der Waals surface area contributed by atoms with Crippen LogP contribution in [0.5, 0.6) is 0 Å². The minimum atomic E-state index is 0.950. The molecule has 1 rings (SSSR count). The predicted octanol–water partition coefficient (Wildman–Crippen LogP) is 2.25. The molecule has 3 nitrogen and oxygen atoms in total. The predicted molar refractivity (Wildman–Crippen MR) is 54.8 cm³/mol. The van der Waals surface area contributed by atoms with E-state index in [-0.39, 0.29) is 0 Å². The molecule has 0 atom stereocenters. The SMILES string of the molecule is CCCNc1nccnc1CCC. The fourth-order valence-electron chi connectivity index (χ4n) is 1.18. The zero-order valence-corrected chi connectivity index (χ0v) is 8.38. The van der Waals surface area contributed by atoms with Crippen molar-refractivity contribution in [3.8, 4) is 0 Å². The summed E-state index contributed by atoms with van der Waals surface area (Å²) in [6, 6.07) is 0. The van der Waals surface area contributed by atoms with Crippen LogP contribution in [-0.4, -0.2) is 16.5 Å². The van der Waals surface area contributed by atoms with Gasteiger partial charge < -0.3 is 5.32 Å². The number of nitrogens with zero attached hydrogens (tertiary/aromatic N) is 2. The second-order valence-electron chi connectivity index (χ2n) is 3.03.